The van der Waals surface area contributed by atoms with Gasteiger partial charge in [0.25, 0.3) is 0 Å². The number of rotatable bonds is 7. The highest BCUT2D eigenvalue weighted by molar-refractivity contribution is 5.96. The molecule has 0 atom stereocenters. The van der Waals surface area contributed by atoms with Gasteiger partial charge < -0.3 is 15.0 Å². The first kappa shape index (κ1) is 21.7. The van der Waals surface area contributed by atoms with E-state index in [2.05, 4.69) is 38.6 Å². The van der Waals surface area contributed by atoms with Gasteiger partial charge in [-0.15, -0.1) is 13.2 Å². The molecular formula is C24H28F3N3O. The van der Waals surface area contributed by atoms with Crippen molar-refractivity contribution in [1.29, 1.82) is 0 Å². The number of hydrogen-bond acceptors (Lipinski definition) is 3. The Morgan fingerprint density at radius 2 is 1.71 bits per heavy atom. The first-order valence-electron chi connectivity index (χ1n) is 10.8. The predicted octanol–water partition coefficient (Wildman–Crippen LogP) is 5.54. The smallest absolute Gasteiger partial charge is 0.406 e. The van der Waals surface area contributed by atoms with E-state index in [0.29, 0.717) is 6.54 Å². The van der Waals surface area contributed by atoms with Crippen molar-refractivity contribution in [2.45, 2.75) is 45.1 Å². The van der Waals surface area contributed by atoms with E-state index in [1.165, 1.54) is 37.0 Å². The number of piperidine rings is 1. The van der Waals surface area contributed by atoms with Crippen LogP contribution < -0.4 is 10.5 Å². The Bertz CT molecular complexity index is 1010. The third kappa shape index (κ3) is 5.40. The Morgan fingerprint density at radius 1 is 0.968 bits per heavy atom. The van der Waals surface area contributed by atoms with Crippen molar-refractivity contribution in [3.8, 4) is 16.9 Å². The third-order valence-corrected chi connectivity index (χ3v) is 5.80. The van der Waals surface area contributed by atoms with Gasteiger partial charge in [0.1, 0.15) is 5.75 Å². The molecule has 2 heterocycles. The molecule has 0 unspecified atom stereocenters. The summed E-state index contributed by atoms with van der Waals surface area (Å²) in [7, 11) is 0. The minimum atomic E-state index is -4.69. The predicted molar refractivity (Wildman–Crippen MR) is 117 cm³/mol. The van der Waals surface area contributed by atoms with Gasteiger partial charge in [0.05, 0.1) is 0 Å². The fourth-order valence-corrected chi connectivity index (χ4v) is 4.33. The second-order valence-electron chi connectivity index (χ2n) is 8.14. The van der Waals surface area contributed by atoms with Crippen molar-refractivity contribution in [3.05, 3.63) is 54.2 Å². The van der Waals surface area contributed by atoms with Gasteiger partial charge in [0.15, 0.2) is 0 Å². The molecule has 166 valence electrons. The number of benzene rings is 2. The lowest BCUT2D eigenvalue weighted by Crippen LogP contribution is -2.29. The molecule has 0 saturated carbocycles. The maximum absolute atomic E-state index is 12.5. The van der Waals surface area contributed by atoms with E-state index in [1.807, 2.05) is 0 Å². The third-order valence-electron chi connectivity index (χ3n) is 5.80. The minimum Gasteiger partial charge on any atom is -0.406 e. The van der Waals surface area contributed by atoms with Crippen LogP contribution in [0.2, 0.25) is 0 Å². The van der Waals surface area contributed by atoms with E-state index < -0.39 is 6.36 Å². The van der Waals surface area contributed by atoms with E-state index >= 15 is 0 Å². The summed E-state index contributed by atoms with van der Waals surface area (Å²) in [6.45, 7) is 4.58. The Hall–Kier alpha value is -2.51. The van der Waals surface area contributed by atoms with Crippen molar-refractivity contribution >= 4 is 10.9 Å². The van der Waals surface area contributed by atoms with Crippen molar-refractivity contribution in [2.75, 3.05) is 19.6 Å². The molecule has 0 spiro atoms. The molecule has 4 rings (SSSR count). The van der Waals surface area contributed by atoms with E-state index in [4.69, 9.17) is 5.73 Å². The summed E-state index contributed by atoms with van der Waals surface area (Å²) >= 11 is 0. The van der Waals surface area contributed by atoms with Crippen LogP contribution >= 0.6 is 0 Å². The quantitative estimate of drug-likeness (QED) is 0.534. The van der Waals surface area contributed by atoms with Crippen LogP contribution in [0.4, 0.5) is 13.2 Å². The van der Waals surface area contributed by atoms with E-state index in [-0.39, 0.29) is 5.75 Å². The van der Waals surface area contributed by atoms with Crippen molar-refractivity contribution in [1.82, 2.24) is 9.47 Å². The Kier molecular flexibility index (Phi) is 6.53. The summed E-state index contributed by atoms with van der Waals surface area (Å²) < 4.78 is 43.7. The van der Waals surface area contributed by atoms with Crippen LogP contribution in [-0.2, 0) is 13.1 Å². The summed E-state index contributed by atoms with van der Waals surface area (Å²) in [5.74, 6) is -0.214. The maximum Gasteiger partial charge on any atom is 0.573 e. The van der Waals surface area contributed by atoms with Gasteiger partial charge in [-0.2, -0.15) is 0 Å². The summed E-state index contributed by atoms with van der Waals surface area (Å²) in [4.78, 5) is 2.49. The number of nitrogens with zero attached hydrogens (tertiary/aromatic N) is 2. The Morgan fingerprint density at radius 3 is 2.39 bits per heavy atom. The largest absolute Gasteiger partial charge is 0.573 e. The molecule has 3 aromatic rings. The van der Waals surface area contributed by atoms with Gasteiger partial charge in [-0.1, -0.05) is 24.6 Å². The highest BCUT2D eigenvalue weighted by Crippen LogP contribution is 2.34. The fourth-order valence-electron chi connectivity index (χ4n) is 4.33. The average molecular weight is 432 g/mol. The zero-order valence-corrected chi connectivity index (χ0v) is 17.5. The highest BCUT2D eigenvalue weighted by atomic mass is 19.4. The number of ether oxygens (including phenoxy) is 1. The summed E-state index contributed by atoms with van der Waals surface area (Å²) in [5.41, 5.74) is 9.94. The molecule has 1 aromatic heterocycles. The van der Waals surface area contributed by atoms with Crippen LogP contribution in [0.25, 0.3) is 22.0 Å². The molecule has 1 aliphatic heterocycles. The first-order valence-corrected chi connectivity index (χ1v) is 10.8. The molecule has 1 aliphatic rings. The lowest BCUT2D eigenvalue weighted by Gasteiger charge is -2.26. The zero-order valence-electron chi connectivity index (χ0n) is 17.5. The number of fused-ring (bicyclic) bond motifs is 1. The number of aromatic nitrogens is 1. The van der Waals surface area contributed by atoms with Gasteiger partial charge in [0.2, 0.25) is 0 Å². The number of hydrogen-bond donors (Lipinski definition) is 1. The zero-order chi connectivity index (χ0) is 21.8. The van der Waals surface area contributed by atoms with Gasteiger partial charge in [-0.25, -0.2) is 0 Å². The second-order valence-corrected chi connectivity index (χ2v) is 8.14. The summed E-state index contributed by atoms with van der Waals surface area (Å²) in [6, 6.07) is 12.6. The number of alkyl halides is 3. The monoisotopic (exact) mass is 431 g/mol. The number of likely N-dealkylation sites (tertiary alicyclic amines) is 1. The molecule has 1 fully saturated rings. The van der Waals surface area contributed by atoms with E-state index in [0.717, 1.165) is 54.6 Å². The number of halogens is 3. The topological polar surface area (TPSA) is 43.4 Å². The fraction of sp³-hybridized carbons (Fsp3) is 0.417. The molecule has 2 aromatic carbocycles. The van der Waals surface area contributed by atoms with Crippen molar-refractivity contribution in [3.63, 3.8) is 0 Å². The maximum atomic E-state index is 12.5. The van der Waals surface area contributed by atoms with Crippen LogP contribution in [0.1, 0.15) is 31.2 Å². The molecule has 0 radical (unpaired) electrons. The standard InChI is InChI=1S/C24H28F3N3O/c25-24(26,27)31-20-8-6-19(7-9-20)22-17-30(14-4-11-28)23-10-5-18(15-21(22)23)16-29-12-2-1-3-13-29/h5-10,15,17H,1-4,11-14,16,28H2. The van der Waals surface area contributed by atoms with Gasteiger partial charge in [-0.05, 0) is 74.3 Å². The SMILES string of the molecule is NCCCn1cc(-c2ccc(OC(F)(F)F)cc2)c2cc(CN3CCCCC3)ccc21. The first-order chi connectivity index (χ1) is 14.9. The molecule has 0 amide bonds. The van der Waals surface area contributed by atoms with Gasteiger partial charge in [0, 0.05) is 35.8 Å². The molecule has 4 nitrogen and oxygen atoms in total. The van der Waals surface area contributed by atoms with Crippen LogP contribution in [0.3, 0.4) is 0 Å². The molecule has 7 heteroatoms. The normalized spacial score (nSPS) is 15.5. The molecular weight excluding hydrogens is 403 g/mol. The summed E-state index contributed by atoms with van der Waals surface area (Å²) in [5, 5.41) is 1.11. The van der Waals surface area contributed by atoms with Crippen molar-refractivity contribution < 1.29 is 17.9 Å². The molecule has 0 bridgehead atoms. The Labute approximate surface area is 180 Å². The highest BCUT2D eigenvalue weighted by Gasteiger charge is 2.31. The van der Waals surface area contributed by atoms with Crippen LogP contribution in [0.15, 0.2) is 48.7 Å². The minimum absolute atomic E-state index is 0.214. The van der Waals surface area contributed by atoms with Crippen LogP contribution in [-0.4, -0.2) is 35.5 Å². The van der Waals surface area contributed by atoms with Crippen molar-refractivity contribution in [2.24, 2.45) is 5.73 Å². The van der Waals surface area contributed by atoms with Crippen LogP contribution in [0, 0.1) is 0 Å². The van der Waals surface area contributed by atoms with Crippen LogP contribution in [0.5, 0.6) is 5.75 Å². The molecule has 2 N–H and O–H groups in total. The number of aryl methyl sites for hydroxylation is 1. The van der Waals surface area contributed by atoms with E-state index in [1.54, 1.807) is 12.1 Å². The second kappa shape index (κ2) is 9.32. The van der Waals surface area contributed by atoms with Gasteiger partial charge in [-0.3, -0.25) is 4.90 Å². The lowest BCUT2D eigenvalue weighted by molar-refractivity contribution is -0.274. The lowest BCUT2D eigenvalue weighted by atomic mass is 10.0. The molecule has 0 aliphatic carbocycles. The van der Waals surface area contributed by atoms with Gasteiger partial charge >= 0.3 is 6.36 Å². The average Bonchev–Trinajstić information content (AvgIpc) is 3.10. The molecule has 1 saturated heterocycles. The molecule has 31 heavy (non-hydrogen) atoms. The Balaban J connectivity index is 1.67. The number of nitrogens with two attached hydrogens (primary N) is 1. The summed E-state index contributed by atoms with van der Waals surface area (Å²) in [6.07, 6.45) is 2.03. The van der Waals surface area contributed by atoms with E-state index in [9.17, 15) is 13.2 Å².